The Balaban J connectivity index is 2.32. The fourth-order valence-corrected chi connectivity index (χ4v) is 1.71. The molecule has 1 aromatic rings. The van der Waals surface area contributed by atoms with E-state index >= 15 is 0 Å². The second kappa shape index (κ2) is 4.56. The molecule has 3 nitrogen and oxygen atoms in total. The van der Waals surface area contributed by atoms with E-state index in [1.165, 1.54) is 6.07 Å². The Morgan fingerprint density at radius 1 is 1.33 bits per heavy atom. The number of benzene rings is 1. The topological polar surface area (TPSA) is 38.3 Å². The molecule has 98 valence electrons. The molecule has 0 saturated carbocycles. The maximum absolute atomic E-state index is 13.7. The van der Waals surface area contributed by atoms with E-state index in [2.05, 4.69) is 5.32 Å². The average Bonchev–Trinajstić information content (AvgIpc) is 2.29. The first-order chi connectivity index (χ1) is 8.39. The molecular weight excluding hydrogens is 254 g/mol. The molecule has 0 aromatic heterocycles. The van der Waals surface area contributed by atoms with Gasteiger partial charge in [-0.25, -0.2) is 4.39 Å². The van der Waals surface area contributed by atoms with E-state index in [1.54, 1.807) is 0 Å². The Bertz CT molecular complexity index is 463. The van der Waals surface area contributed by atoms with Crippen LogP contribution in [0, 0.1) is 5.82 Å². The zero-order valence-electron chi connectivity index (χ0n) is 9.05. The third-order valence-electron chi connectivity index (χ3n) is 2.58. The Hall–Kier alpha value is -1.63. The highest BCUT2D eigenvalue weighted by molar-refractivity contribution is 5.77. The first-order valence-corrected chi connectivity index (χ1v) is 5.13. The van der Waals surface area contributed by atoms with Crippen molar-refractivity contribution in [3.63, 3.8) is 0 Å². The summed E-state index contributed by atoms with van der Waals surface area (Å²) >= 11 is 0. The SMILES string of the molecule is O=C1CO[C@H](c2cccc(C(F)(F)F)c2F)CN1. The number of alkyl halides is 3. The fourth-order valence-electron chi connectivity index (χ4n) is 1.71. The number of carbonyl (C=O) groups is 1. The number of hydrogen-bond acceptors (Lipinski definition) is 2. The summed E-state index contributed by atoms with van der Waals surface area (Å²) < 4.78 is 56.3. The summed E-state index contributed by atoms with van der Waals surface area (Å²) in [5, 5.41) is 2.40. The molecule has 1 aliphatic heterocycles. The number of ether oxygens (including phenoxy) is 1. The van der Waals surface area contributed by atoms with E-state index in [1.807, 2.05) is 0 Å². The Kier molecular flexibility index (Phi) is 3.25. The summed E-state index contributed by atoms with van der Waals surface area (Å²) in [5.41, 5.74) is -1.54. The zero-order chi connectivity index (χ0) is 13.3. The lowest BCUT2D eigenvalue weighted by atomic mass is 10.0. The van der Waals surface area contributed by atoms with Crippen molar-refractivity contribution in [1.29, 1.82) is 0 Å². The van der Waals surface area contributed by atoms with Crippen LogP contribution in [0.5, 0.6) is 0 Å². The van der Waals surface area contributed by atoms with Gasteiger partial charge in [-0.3, -0.25) is 4.79 Å². The van der Waals surface area contributed by atoms with E-state index in [-0.39, 0.29) is 24.6 Å². The summed E-state index contributed by atoms with van der Waals surface area (Å²) in [6.07, 6.45) is -5.65. The second-order valence-corrected chi connectivity index (χ2v) is 3.81. The third kappa shape index (κ3) is 2.45. The molecule has 1 saturated heterocycles. The van der Waals surface area contributed by atoms with Gasteiger partial charge in [0.2, 0.25) is 5.91 Å². The third-order valence-corrected chi connectivity index (χ3v) is 2.58. The van der Waals surface area contributed by atoms with Crippen LogP contribution < -0.4 is 5.32 Å². The molecule has 1 heterocycles. The molecule has 1 atom stereocenters. The summed E-state index contributed by atoms with van der Waals surface area (Å²) in [7, 11) is 0. The lowest BCUT2D eigenvalue weighted by Crippen LogP contribution is -2.39. The van der Waals surface area contributed by atoms with Gasteiger partial charge in [0.25, 0.3) is 0 Å². The Labute approximate surface area is 99.7 Å². The van der Waals surface area contributed by atoms with Gasteiger partial charge in [0.15, 0.2) is 0 Å². The van der Waals surface area contributed by atoms with Gasteiger partial charge in [0.05, 0.1) is 5.56 Å². The van der Waals surface area contributed by atoms with Gasteiger partial charge in [-0.05, 0) is 6.07 Å². The lowest BCUT2D eigenvalue weighted by molar-refractivity contribution is -0.141. The molecule has 0 aliphatic carbocycles. The predicted molar refractivity (Wildman–Crippen MR) is 53.1 cm³/mol. The summed E-state index contributed by atoms with van der Waals surface area (Å²) in [6.45, 7) is -0.336. The average molecular weight is 263 g/mol. The largest absolute Gasteiger partial charge is 0.419 e. The first kappa shape index (κ1) is 12.8. The van der Waals surface area contributed by atoms with Gasteiger partial charge in [-0.15, -0.1) is 0 Å². The highest BCUT2D eigenvalue weighted by Crippen LogP contribution is 2.34. The number of amides is 1. The van der Waals surface area contributed by atoms with Crippen LogP contribution in [-0.4, -0.2) is 19.1 Å². The minimum atomic E-state index is -4.75. The van der Waals surface area contributed by atoms with Gasteiger partial charge in [0.1, 0.15) is 18.5 Å². The molecule has 0 unspecified atom stereocenters. The van der Waals surface area contributed by atoms with Gasteiger partial charge < -0.3 is 10.1 Å². The van der Waals surface area contributed by atoms with E-state index in [0.717, 1.165) is 6.07 Å². The van der Waals surface area contributed by atoms with Crippen molar-refractivity contribution in [3.8, 4) is 0 Å². The minimum Gasteiger partial charge on any atom is -0.362 e. The number of hydrogen-bond donors (Lipinski definition) is 1. The molecule has 1 fully saturated rings. The number of nitrogens with one attached hydrogen (secondary N) is 1. The fraction of sp³-hybridized carbons (Fsp3) is 0.364. The first-order valence-electron chi connectivity index (χ1n) is 5.13. The van der Waals surface area contributed by atoms with E-state index < -0.39 is 23.7 Å². The van der Waals surface area contributed by atoms with Crippen molar-refractivity contribution in [1.82, 2.24) is 5.32 Å². The molecule has 1 amide bonds. The molecule has 2 rings (SSSR count). The monoisotopic (exact) mass is 263 g/mol. The molecule has 1 aliphatic rings. The van der Waals surface area contributed by atoms with Crippen molar-refractivity contribution in [2.45, 2.75) is 12.3 Å². The molecule has 1 N–H and O–H groups in total. The van der Waals surface area contributed by atoms with Gasteiger partial charge in [0, 0.05) is 12.1 Å². The number of carbonyl (C=O) groups excluding carboxylic acids is 1. The highest BCUT2D eigenvalue weighted by Gasteiger charge is 2.36. The second-order valence-electron chi connectivity index (χ2n) is 3.81. The van der Waals surface area contributed by atoms with Gasteiger partial charge >= 0.3 is 6.18 Å². The van der Waals surface area contributed by atoms with Crippen molar-refractivity contribution in [2.75, 3.05) is 13.2 Å². The van der Waals surface area contributed by atoms with Crippen LogP contribution in [0.4, 0.5) is 17.6 Å². The number of rotatable bonds is 1. The maximum Gasteiger partial charge on any atom is 0.419 e. The molecule has 0 bridgehead atoms. The number of morpholine rings is 1. The zero-order valence-corrected chi connectivity index (χ0v) is 9.05. The molecule has 18 heavy (non-hydrogen) atoms. The molecule has 0 spiro atoms. The maximum atomic E-state index is 13.7. The minimum absolute atomic E-state index is 0.0446. The summed E-state index contributed by atoms with van der Waals surface area (Å²) in [5.74, 6) is -1.73. The van der Waals surface area contributed by atoms with Crippen molar-refractivity contribution >= 4 is 5.91 Å². The summed E-state index contributed by atoms with van der Waals surface area (Å²) in [6, 6.07) is 2.99. The van der Waals surface area contributed by atoms with Gasteiger partial charge in [-0.1, -0.05) is 12.1 Å². The Morgan fingerprint density at radius 2 is 2.06 bits per heavy atom. The van der Waals surface area contributed by atoms with Crippen LogP contribution in [-0.2, 0) is 15.7 Å². The predicted octanol–water partition coefficient (Wildman–Crippen LogP) is 2.03. The smallest absolute Gasteiger partial charge is 0.362 e. The number of halogens is 4. The van der Waals surface area contributed by atoms with Crippen LogP contribution in [0.3, 0.4) is 0 Å². The van der Waals surface area contributed by atoms with E-state index in [9.17, 15) is 22.4 Å². The molecule has 0 radical (unpaired) electrons. The van der Waals surface area contributed by atoms with Crippen LogP contribution in [0.2, 0.25) is 0 Å². The Morgan fingerprint density at radius 3 is 2.61 bits per heavy atom. The van der Waals surface area contributed by atoms with Crippen LogP contribution >= 0.6 is 0 Å². The lowest BCUT2D eigenvalue weighted by Gasteiger charge is -2.24. The van der Waals surface area contributed by atoms with Crippen LogP contribution in [0.25, 0.3) is 0 Å². The summed E-state index contributed by atoms with van der Waals surface area (Å²) in [4.78, 5) is 10.8. The van der Waals surface area contributed by atoms with Crippen LogP contribution in [0.15, 0.2) is 18.2 Å². The molecule has 1 aromatic carbocycles. The standard InChI is InChI=1S/C11H9F4NO2/c12-10-6(8-4-16-9(17)5-18-8)2-1-3-7(10)11(13,14)15/h1-3,8H,4-5H2,(H,16,17)/t8-/m0/s1. The van der Waals surface area contributed by atoms with Crippen LogP contribution in [0.1, 0.15) is 17.2 Å². The van der Waals surface area contributed by atoms with Crippen molar-refractivity contribution < 1.29 is 27.1 Å². The van der Waals surface area contributed by atoms with E-state index in [0.29, 0.717) is 6.07 Å². The van der Waals surface area contributed by atoms with Gasteiger partial charge in [-0.2, -0.15) is 13.2 Å². The molecule has 7 heteroatoms. The quantitative estimate of drug-likeness (QED) is 0.787. The van der Waals surface area contributed by atoms with Crippen molar-refractivity contribution in [3.05, 3.63) is 35.1 Å². The van der Waals surface area contributed by atoms with E-state index in [4.69, 9.17) is 4.74 Å². The highest BCUT2D eigenvalue weighted by atomic mass is 19.4. The molecular formula is C11H9F4NO2. The normalized spacial score (nSPS) is 20.7. The van der Waals surface area contributed by atoms with Crippen molar-refractivity contribution in [2.24, 2.45) is 0 Å².